The van der Waals surface area contributed by atoms with Crippen molar-refractivity contribution in [2.75, 3.05) is 5.32 Å². The molecule has 1 N–H and O–H groups in total. The Morgan fingerprint density at radius 2 is 1.95 bits per heavy atom. The van der Waals surface area contributed by atoms with Crippen LogP contribution >= 0.6 is 22.7 Å². The molecule has 3 aromatic rings. The van der Waals surface area contributed by atoms with Crippen molar-refractivity contribution in [1.29, 1.82) is 0 Å². The number of carbonyl (C=O) groups excluding carboxylic acids is 1. The first-order valence-corrected chi connectivity index (χ1v) is 7.45. The van der Waals surface area contributed by atoms with Gasteiger partial charge in [-0.3, -0.25) is 10.1 Å². The first kappa shape index (κ1) is 12.8. The van der Waals surface area contributed by atoms with Gasteiger partial charge in [0.25, 0.3) is 5.91 Å². The molecule has 3 rings (SSSR count). The van der Waals surface area contributed by atoms with Crippen LogP contribution in [0.1, 0.15) is 16.2 Å². The SMILES string of the molecule is Cc1csc(NC(=O)c2csc(-c3ncccn3)n2)n1. The smallest absolute Gasteiger partial charge is 0.276 e. The van der Waals surface area contributed by atoms with Gasteiger partial charge < -0.3 is 0 Å². The minimum atomic E-state index is -0.280. The van der Waals surface area contributed by atoms with Gasteiger partial charge in [0.05, 0.1) is 5.69 Å². The minimum Gasteiger partial charge on any atom is -0.296 e. The molecule has 0 radical (unpaired) electrons. The third-order valence-corrected chi connectivity index (χ3v) is 4.05. The van der Waals surface area contributed by atoms with Gasteiger partial charge in [0.15, 0.2) is 16.0 Å². The Morgan fingerprint density at radius 1 is 1.15 bits per heavy atom. The number of anilines is 1. The van der Waals surface area contributed by atoms with Crippen molar-refractivity contribution in [3.63, 3.8) is 0 Å². The fourth-order valence-corrected chi connectivity index (χ4v) is 2.89. The molecular formula is C12H9N5OS2. The summed E-state index contributed by atoms with van der Waals surface area (Å²) in [6.07, 6.45) is 3.28. The maximum absolute atomic E-state index is 12.0. The molecule has 0 fully saturated rings. The van der Waals surface area contributed by atoms with Crippen molar-refractivity contribution in [2.45, 2.75) is 6.92 Å². The molecule has 100 valence electrons. The van der Waals surface area contributed by atoms with Crippen LogP contribution in [-0.4, -0.2) is 25.8 Å². The Morgan fingerprint density at radius 3 is 2.65 bits per heavy atom. The molecule has 3 aromatic heterocycles. The van der Waals surface area contributed by atoms with E-state index in [-0.39, 0.29) is 5.91 Å². The van der Waals surface area contributed by atoms with E-state index in [1.165, 1.54) is 22.7 Å². The quantitative estimate of drug-likeness (QED) is 0.804. The molecule has 20 heavy (non-hydrogen) atoms. The van der Waals surface area contributed by atoms with Gasteiger partial charge in [-0.25, -0.2) is 19.9 Å². The summed E-state index contributed by atoms with van der Waals surface area (Å²) in [5.74, 6) is 0.236. The summed E-state index contributed by atoms with van der Waals surface area (Å²) in [5.41, 5.74) is 1.22. The van der Waals surface area contributed by atoms with E-state index in [0.717, 1.165) is 5.69 Å². The molecule has 0 aliphatic carbocycles. The number of thiazole rings is 2. The first-order chi connectivity index (χ1) is 9.72. The van der Waals surface area contributed by atoms with Gasteiger partial charge in [-0.15, -0.1) is 22.7 Å². The zero-order valence-electron chi connectivity index (χ0n) is 10.4. The van der Waals surface area contributed by atoms with E-state index in [1.54, 1.807) is 23.8 Å². The van der Waals surface area contributed by atoms with Crippen LogP contribution in [0.2, 0.25) is 0 Å². The molecule has 0 unspecified atom stereocenters. The molecule has 0 aliphatic heterocycles. The summed E-state index contributed by atoms with van der Waals surface area (Å²) in [6.45, 7) is 1.87. The van der Waals surface area contributed by atoms with Crippen LogP contribution in [0.3, 0.4) is 0 Å². The van der Waals surface area contributed by atoms with Crippen molar-refractivity contribution >= 4 is 33.7 Å². The number of hydrogen-bond donors (Lipinski definition) is 1. The number of rotatable bonds is 3. The zero-order valence-corrected chi connectivity index (χ0v) is 12.0. The summed E-state index contributed by atoms with van der Waals surface area (Å²) in [6, 6.07) is 1.73. The largest absolute Gasteiger partial charge is 0.296 e. The predicted octanol–water partition coefficient (Wildman–Crippen LogP) is 2.62. The van der Waals surface area contributed by atoms with Crippen molar-refractivity contribution in [2.24, 2.45) is 0 Å². The molecule has 0 bridgehead atoms. The molecule has 8 heteroatoms. The Kier molecular flexibility index (Phi) is 3.48. The van der Waals surface area contributed by atoms with Crippen LogP contribution in [0.4, 0.5) is 5.13 Å². The number of aryl methyl sites for hydroxylation is 1. The van der Waals surface area contributed by atoms with Crippen molar-refractivity contribution in [1.82, 2.24) is 19.9 Å². The highest BCUT2D eigenvalue weighted by Gasteiger charge is 2.14. The van der Waals surface area contributed by atoms with E-state index in [1.807, 2.05) is 12.3 Å². The van der Waals surface area contributed by atoms with Gasteiger partial charge in [-0.05, 0) is 13.0 Å². The lowest BCUT2D eigenvalue weighted by molar-refractivity contribution is 0.102. The molecule has 0 spiro atoms. The average molecular weight is 303 g/mol. The van der Waals surface area contributed by atoms with Crippen LogP contribution in [0.15, 0.2) is 29.2 Å². The molecule has 1 amide bonds. The van der Waals surface area contributed by atoms with Crippen LogP contribution in [0.5, 0.6) is 0 Å². The molecule has 6 nitrogen and oxygen atoms in total. The number of aromatic nitrogens is 4. The van der Waals surface area contributed by atoms with Crippen molar-refractivity contribution in [3.8, 4) is 10.8 Å². The number of nitrogens with one attached hydrogen (secondary N) is 1. The lowest BCUT2D eigenvalue weighted by Gasteiger charge is -1.97. The molecular weight excluding hydrogens is 294 g/mol. The molecule has 0 aromatic carbocycles. The molecule has 0 atom stereocenters. The maximum Gasteiger partial charge on any atom is 0.276 e. The standard InChI is InChI=1S/C12H9N5OS2/c1-7-5-20-12(15-7)17-10(18)8-6-19-11(16-8)9-13-3-2-4-14-9/h2-6H,1H3,(H,15,17,18). The number of nitrogens with zero attached hydrogens (tertiary/aromatic N) is 4. The Bertz CT molecular complexity index is 737. The van der Waals surface area contributed by atoms with Gasteiger partial charge in [0, 0.05) is 23.2 Å². The van der Waals surface area contributed by atoms with Crippen LogP contribution in [0.25, 0.3) is 10.8 Å². The van der Waals surface area contributed by atoms with E-state index in [0.29, 0.717) is 21.7 Å². The van der Waals surface area contributed by atoms with Crippen molar-refractivity contribution in [3.05, 3.63) is 40.6 Å². The minimum absolute atomic E-state index is 0.280. The van der Waals surface area contributed by atoms with E-state index >= 15 is 0 Å². The van der Waals surface area contributed by atoms with E-state index in [4.69, 9.17) is 0 Å². The zero-order chi connectivity index (χ0) is 13.9. The molecule has 0 saturated heterocycles. The van der Waals surface area contributed by atoms with E-state index < -0.39 is 0 Å². The Hall–Kier alpha value is -2.19. The second kappa shape index (κ2) is 5.43. The van der Waals surface area contributed by atoms with E-state index in [9.17, 15) is 4.79 Å². The average Bonchev–Trinajstić information content (AvgIpc) is 3.09. The Labute approximate surface area is 122 Å². The molecule has 0 saturated carbocycles. The van der Waals surface area contributed by atoms with Crippen LogP contribution < -0.4 is 5.32 Å². The van der Waals surface area contributed by atoms with Gasteiger partial charge in [-0.1, -0.05) is 0 Å². The predicted molar refractivity (Wildman–Crippen MR) is 77.9 cm³/mol. The monoisotopic (exact) mass is 303 g/mol. The molecule has 3 heterocycles. The van der Waals surface area contributed by atoms with Crippen molar-refractivity contribution < 1.29 is 4.79 Å². The summed E-state index contributed by atoms with van der Waals surface area (Å²) in [5, 5.41) is 7.46. The number of carbonyl (C=O) groups is 1. The highest BCUT2D eigenvalue weighted by Crippen LogP contribution is 2.21. The van der Waals surface area contributed by atoms with Gasteiger partial charge in [0.2, 0.25) is 0 Å². The summed E-state index contributed by atoms with van der Waals surface area (Å²) < 4.78 is 0. The fraction of sp³-hybridized carbons (Fsp3) is 0.0833. The molecule has 0 aliphatic rings. The van der Waals surface area contributed by atoms with Gasteiger partial charge >= 0.3 is 0 Å². The second-order valence-corrected chi connectivity index (χ2v) is 5.57. The Balaban J connectivity index is 1.78. The van der Waals surface area contributed by atoms with Gasteiger partial charge in [-0.2, -0.15) is 0 Å². The van der Waals surface area contributed by atoms with Crippen LogP contribution in [0, 0.1) is 6.92 Å². The normalized spacial score (nSPS) is 10.4. The van der Waals surface area contributed by atoms with Gasteiger partial charge in [0.1, 0.15) is 5.69 Å². The number of amides is 1. The lowest BCUT2D eigenvalue weighted by atomic mass is 10.4. The highest BCUT2D eigenvalue weighted by atomic mass is 32.1. The first-order valence-electron chi connectivity index (χ1n) is 5.69. The highest BCUT2D eigenvalue weighted by molar-refractivity contribution is 7.14. The topological polar surface area (TPSA) is 80.7 Å². The van der Waals surface area contributed by atoms with E-state index in [2.05, 4.69) is 25.3 Å². The van der Waals surface area contributed by atoms with Crippen LogP contribution in [-0.2, 0) is 0 Å². The summed E-state index contributed by atoms with van der Waals surface area (Å²) in [7, 11) is 0. The lowest BCUT2D eigenvalue weighted by Crippen LogP contribution is -2.12. The fourth-order valence-electron chi connectivity index (χ4n) is 1.46. The third-order valence-electron chi connectivity index (χ3n) is 2.33. The summed E-state index contributed by atoms with van der Waals surface area (Å²) >= 11 is 2.72. The summed E-state index contributed by atoms with van der Waals surface area (Å²) in [4.78, 5) is 28.7. The third kappa shape index (κ3) is 2.70. The second-order valence-electron chi connectivity index (χ2n) is 3.86. The maximum atomic E-state index is 12.0. The number of hydrogen-bond acceptors (Lipinski definition) is 7.